The van der Waals surface area contributed by atoms with E-state index in [-0.39, 0.29) is 0 Å². The Bertz CT molecular complexity index is 319. The van der Waals surface area contributed by atoms with Crippen LogP contribution in [0.3, 0.4) is 0 Å². The van der Waals surface area contributed by atoms with Crippen LogP contribution in [0, 0.1) is 11.3 Å². The quantitative estimate of drug-likeness (QED) is 0.559. The molecule has 1 aromatic rings. The van der Waals surface area contributed by atoms with Crippen molar-refractivity contribution < 1.29 is 0 Å². The van der Waals surface area contributed by atoms with Gasteiger partial charge in [0.15, 0.2) is 0 Å². The van der Waals surface area contributed by atoms with Crippen LogP contribution in [0.5, 0.6) is 0 Å². The van der Waals surface area contributed by atoms with Crippen molar-refractivity contribution >= 4 is 11.3 Å². The molecule has 0 aliphatic heterocycles. The van der Waals surface area contributed by atoms with Crippen molar-refractivity contribution in [3.63, 3.8) is 0 Å². The smallest absolute Gasteiger partial charge is 0.100 e. The molecule has 1 aliphatic carbocycles. The van der Waals surface area contributed by atoms with Gasteiger partial charge in [0.25, 0.3) is 0 Å². The summed E-state index contributed by atoms with van der Waals surface area (Å²) in [6.07, 6.45) is 6.21. The second-order valence-electron chi connectivity index (χ2n) is 3.22. The van der Waals surface area contributed by atoms with Crippen LogP contribution >= 0.6 is 11.3 Å². The van der Waals surface area contributed by atoms with Gasteiger partial charge in [-0.2, -0.15) is 5.26 Å². The molecule has 0 aromatic carbocycles. The van der Waals surface area contributed by atoms with Gasteiger partial charge in [0.1, 0.15) is 6.07 Å². The summed E-state index contributed by atoms with van der Waals surface area (Å²) in [6, 6.07) is 2.27. The number of rotatable bonds is 0. The van der Waals surface area contributed by atoms with E-state index in [1.165, 1.54) is 36.1 Å². The van der Waals surface area contributed by atoms with E-state index >= 15 is 0 Å². The number of fused-ring (bicyclic) bond motifs is 1. The summed E-state index contributed by atoms with van der Waals surface area (Å²) in [4.78, 5) is 1.46. The Morgan fingerprint density at radius 2 is 2.08 bits per heavy atom. The third kappa shape index (κ3) is 1.25. The highest BCUT2D eigenvalue weighted by Crippen LogP contribution is 2.28. The first-order chi connectivity index (χ1) is 5.92. The van der Waals surface area contributed by atoms with Gasteiger partial charge in [0.05, 0.1) is 5.56 Å². The maximum Gasteiger partial charge on any atom is 0.100 e. The van der Waals surface area contributed by atoms with Gasteiger partial charge < -0.3 is 0 Å². The van der Waals surface area contributed by atoms with Crippen LogP contribution in [-0.2, 0) is 12.8 Å². The minimum absolute atomic E-state index is 0.928. The molecule has 12 heavy (non-hydrogen) atoms. The predicted octanol–water partition coefficient (Wildman–Crippen LogP) is 2.89. The van der Waals surface area contributed by atoms with Crippen molar-refractivity contribution in [2.45, 2.75) is 32.1 Å². The lowest BCUT2D eigenvalue weighted by Gasteiger charge is -1.95. The van der Waals surface area contributed by atoms with Crippen LogP contribution in [0.15, 0.2) is 5.38 Å². The van der Waals surface area contributed by atoms with E-state index in [9.17, 15) is 0 Å². The van der Waals surface area contributed by atoms with E-state index in [0.29, 0.717) is 0 Å². The topological polar surface area (TPSA) is 23.8 Å². The third-order valence-electron chi connectivity index (χ3n) is 2.43. The van der Waals surface area contributed by atoms with Crippen molar-refractivity contribution in [1.82, 2.24) is 0 Å². The monoisotopic (exact) mass is 177 g/mol. The second kappa shape index (κ2) is 3.28. The zero-order valence-corrected chi connectivity index (χ0v) is 7.78. The number of nitriles is 1. The summed E-state index contributed by atoms with van der Waals surface area (Å²) >= 11 is 1.77. The van der Waals surface area contributed by atoms with Gasteiger partial charge in [-0.25, -0.2) is 0 Å². The fourth-order valence-electron chi connectivity index (χ4n) is 1.76. The van der Waals surface area contributed by atoms with Gasteiger partial charge in [0.2, 0.25) is 0 Å². The lowest BCUT2D eigenvalue weighted by molar-refractivity contribution is 0.712. The van der Waals surface area contributed by atoms with Crippen LogP contribution in [0.1, 0.15) is 35.3 Å². The third-order valence-corrected chi connectivity index (χ3v) is 3.52. The van der Waals surface area contributed by atoms with Gasteiger partial charge in [-0.05, 0) is 31.2 Å². The highest BCUT2D eigenvalue weighted by Gasteiger charge is 2.13. The van der Waals surface area contributed by atoms with E-state index in [1.807, 2.05) is 5.38 Å². The second-order valence-corrected chi connectivity index (χ2v) is 4.19. The highest BCUT2D eigenvalue weighted by atomic mass is 32.1. The number of nitrogens with zero attached hydrogens (tertiary/aromatic N) is 1. The summed E-state index contributed by atoms with van der Waals surface area (Å²) < 4.78 is 0. The Kier molecular flexibility index (Phi) is 2.14. The van der Waals surface area contributed by atoms with Gasteiger partial charge in [-0.15, -0.1) is 11.3 Å². The van der Waals surface area contributed by atoms with Crippen LogP contribution < -0.4 is 0 Å². The normalized spacial score (nSPS) is 16.2. The lowest BCUT2D eigenvalue weighted by Crippen LogP contribution is -1.86. The van der Waals surface area contributed by atoms with Crippen molar-refractivity contribution in [1.29, 1.82) is 5.26 Å². The summed E-state index contributed by atoms with van der Waals surface area (Å²) in [5, 5.41) is 10.8. The van der Waals surface area contributed by atoms with Crippen LogP contribution in [-0.4, -0.2) is 0 Å². The Labute approximate surface area is 76.6 Å². The Morgan fingerprint density at radius 1 is 1.25 bits per heavy atom. The molecule has 1 nitrogen and oxygen atoms in total. The molecule has 2 rings (SSSR count). The molecule has 62 valence electrons. The molecule has 1 heterocycles. The number of hydrogen-bond donors (Lipinski definition) is 0. The summed E-state index contributed by atoms with van der Waals surface area (Å²) in [5.41, 5.74) is 2.27. The average Bonchev–Trinajstić information content (AvgIpc) is 2.33. The molecule has 0 fully saturated rings. The van der Waals surface area contributed by atoms with E-state index < -0.39 is 0 Å². The Morgan fingerprint density at radius 3 is 2.92 bits per heavy atom. The number of hydrogen-bond acceptors (Lipinski definition) is 2. The fraction of sp³-hybridized carbons (Fsp3) is 0.500. The molecule has 0 atom stereocenters. The van der Waals surface area contributed by atoms with Gasteiger partial charge in [0, 0.05) is 10.3 Å². The van der Waals surface area contributed by atoms with Crippen molar-refractivity contribution in [2.75, 3.05) is 0 Å². The van der Waals surface area contributed by atoms with Gasteiger partial charge in [-0.3, -0.25) is 0 Å². The summed E-state index contributed by atoms with van der Waals surface area (Å²) in [7, 11) is 0. The van der Waals surface area contributed by atoms with E-state index in [2.05, 4.69) is 6.07 Å². The van der Waals surface area contributed by atoms with Crippen molar-refractivity contribution in [3.8, 4) is 6.07 Å². The molecular formula is C10H11NS. The van der Waals surface area contributed by atoms with E-state index in [0.717, 1.165) is 12.0 Å². The highest BCUT2D eigenvalue weighted by molar-refractivity contribution is 7.10. The van der Waals surface area contributed by atoms with Crippen LogP contribution in [0.25, 0.3) is 0 Å². The first-order valence-corrected chi connectivity index (χ1v) is 5.29. The van der Waals surface area contributed by atoms with Crippen LogP contribution in [0.4, 0.5) is 0 Å². The molecule has 0 bridgehead atoms. The summed E-state index contributed by atoms with van der Waals surface area (Å²) in [6.45, 7) is 0. The molecule has 0 saturated carbocycles. The largest absolute Gasteiger partial charge is 0.192 e. The molecule has 1 aliphatic rings. The minimum Gasteiger partial charge on any atom is -0.192 e. The first-order valence-electron chi connectivity index (χ1n) is 4.41. The number of aryl methyl sites for hydroxylation is 1. The van der Waals surface area contributed by atoms with E-state index in [4.69, 9.17) is 5.26 Å². The van der Waals surface area contributed by atoms with E-state index in [1.54, 1.807) is 11.3 Å². The summed E-state index contributed by atoms with van der Waals surface area (Å²) in [5.74, 6) is 0. The fourth-order valence-corrected chi connectivity index (χ4v) is 2.84. The van der Waals surface area contributed by atoms with Crippen molar-refractivity contribution in [3.05, 3.63) is 21.4 Å². The molecule has 0 radical (unpaired) electrons. The zero-order chi connectivity index (χ0) is 8.39. The Balaban J connectivity index is 2.40. The molecule has 0 spiro atoms. The molecule has 0 unspecified atom stereocenters. The maximum absolute atomic E-state index is 8.83. The Hall–Kier alpha value is -0.810. The molecule has 1 aromatic heterocycles. The molecule has 2 heteroatoms. The average molecular weight is 177 g/mol. The first kappa shape index (κ1) is 7.82. The molecular weight excluding hydrogens is 166 g/mol. The molecule has 0 N–H and O–H groups in total. The van der Waals surface area contributed by atoms with Gasteiger partial charge >= 0.3 is 0 Å². The minimum atomic E-state index is 0.928. The zero-order valence-electron chi connectivity index (χ0n) is 6.97. The lowest BCUT2D eigenvalue weighted by atomic mass is 10.1. The molecule has 0 amide bonds. The molecule has 0 saturated heterocycles. The number of thiophene rings is 1. The SMILES string of the molecule is N#Cc1csc2c1CCCCC2. The maximum atomic E-state index is 8.83. The van der Waals surface area contributed by atoms with Gasteiger partial charge in [-0.1, -0.05) is 6.42 Å². The predicted molar refractivity (Wildman–Crippen MR) is 50.3 cm³/mol. The van der Waals surface area contributed by atoms with Crippen molar-refractivity contribution in [2.24, 2.45) is 0 Å². The standard InChI is InChI=1S/C10H11NS/c11-6-8-7-12-10-5-3-1-2-4-9(8)10/h7H,1-5H2. The van der Waals surface area contributed by atoms with Crippen LogP contribution in [0.2, 0.25) is 0 Å².